The zero-order chi connectivity index (χ0) is 14.8. The fraction of sp³-hybridized carbons (Fsp3) is 0.500. The van der Waals surface area contributed by atoms with E-state index in [1.807, 2.05) is 6.07 Å². The second-order valence-corrected chi connectivity index (χ2v) is 5.64. The number of fused-ring (bicyclic) bond motifs is 2. The first kappa shape index (κ1) is 14.1. The van der Waals surface area contributed by atoms with Crippen molar-refractivity contribution in [1.82, 2.24) is 5.32 Å². The zero-order valence-corrected chi connectivity index (χ0v) is 12.0. The molecule has 21 heavy (non-hydrogen) atoms. The van der Waals surface area contributed by atoms with Crippen molar-refractivity contribution in [2.45, 2.75) is 37.5 Å². The number of rotatable bonds is 3. The predicted octanol–water partition coefficient (Wildman–Crippen LogP) is 1.53. The Morgan fingerprint density at radius 2 is 1.95 bits per heavy atom. The minimum Gasteiger partial charge on any atom is -0.469 e. The van der Waals surface area contributed by atoms with Gasteiger partial charge in [-0.3, -0.25) is 4.79 Å². The fourth-order valence-corrected chi connectivity index (χ4v) is 3.36. The van der Waals surface area contributed by atoms with Crippen molar-refractivity contribution < 1.29 is 19.1 Å². The minimum atomic E-state index is -0.415. The molecule has 0 aliphatic carbocycles. The first-order valence-corrected chi connectivity index (χ1v) is 7.29. The van der Waals surface area contributed by atoms with Crippen LogP contribution < -0.4 is 5.32 Å². The average Bonchev–Trinajstić information content (AvgIpc) is 2.89. The molecule has 5 heteroatoms. The number of methoxy groups -OCH3 is 1. The molecule has 0 aromatic heterocycles. The zero-order valence-electron chi connectivity index (χ0n) is 12.0. The Labute approximate surface area is 123 Å². The van der Waals surface area contributed by atoms with Crippen LogP contribution in [0.15, 0.2) is 30.3 Å². The van der Waals surface area contributed by atoms with E-state index in [0.717, 1.165) is 12.8 Å². The molecular weight excluding hydrogens is 270 g/mol. The van der Waals surface area contributed by atoms with Crippen molar-refractivity contribution in [3.05, 3.63) is 35.9 Å². The van der Waals surface area contributed by atoms with E-state index in [0.29, 0.717) is 18.0 Å². The van der Waals surface area contributed by atoms with Crippen LogP contribution in [-0.4, -0.2) is 37.2 Å². The van der Waals surface area contributed by atoms with Gasteiger partial charge in [0.25, 0.3) is 0 Å². The number of esters is 2. The van der Waals surface area contributed by atoms with E-state index in [9.17, 15) is 9.59 Å². The molecule has 112 valence electrons. The highest BCUT2D eigenvalue weighted by Gasteiger charge is 2.47. The standard InChI is InChI=1S/C16H19NO4/c1-20-16(19)14-12-8-7-11(17-12)9-13(14)21-15(18)10-5-3-2-4-6-10/h2-6,11-14,17H,7-9H2,1H3/t11-,12+,13-,14+/m1/s1. The Balaban J connectivity index is 1.76. The molecule has 2 aliphatic heterocycles. The summed E-state index contributed by atoms with van der Waals surface area (Å²) in [7, 11) is 1.37. The number of carbonyl (C=O) groups is 2. The maximum Gasteiger partial charge on any atom is 0.338 e. The molecule has 1 aromatic carbocycles. The molecule has 0 spiro atoms. The van der Waals surface area contributed by atoms with Crippen LogP contribution in [0.3, 0.4) is 0 Å². The van der Waals surface area contributed by atoms with E-state index in [2.05, 4.69) is 5.32 Å². The van der Waals surface area contributed by atoms with Crippen molar-refractivity contribution in [3.8, 4) is 0 Å². The van der Waals surface area contributed by atoms with E-state index in [-0.39, 0.29) is 18.0 Å². The lowest BCUT2D eigenvalue weighted by molar-refractivity contribution is -0.152. The number of ether oxygens (including phenoxy) is 2. The highest BCUT2D eigenvalue weighted by molar-refractivity contribution is 5.89. The molecule has 1 aromatic rings. The van der Waals surface area contributed by atoms with Crippen LogP contribution in [0, 0.1) is 5.92 Å². The number of hydrogen-bond donors (Lipinski definition) is 1. The molecule has 2 heterocycles. The normalized spacial score (nSPS) is 30.7. The van der Waals surface area contributed by atoms with Gasteiger partial charge in [0.2, 0.25) is 0 Å². The summed E-state index contributed by atoms with van der Waals surface area (Å²) < 4.78 is 10.5. The second kappa shape index (κ2) is 5.85. The second-order valence-electron chi connectivity index (χ2n) is 5.64. The molecule has 2 fully saturated rings. The summed E-state index contributed by atoms with van der Waals surface area (Å²) in [4.78, 5) is 24.2. The van der Waals surface area contributed by atoms with Gasteiger partial charge in [-0.15, -0.1) is 0 Å². The lowest BCUT2D eigenvalue weighted by Gasteiger charge is -2.35. The molecule has 5 nitrogen and oxygen atoms in total. The first-order chi connectivity index (χ1) is 10.2. The van der Waals surface area contributed by atoms with E-state index >= 15 is 0 Å². The summed E-state index contributed by atoms with van der Waals surface area (Å²) in [5.74, 6) is -1.10. The third kappa shape index (κ3) is 2.78. The number of benzene rings is 1. The smallest absolute Gasteiger partial charge is 0.338 e. The molecule has 2 saturated heterocycles. The van der Waals surface area contributed by atoms with Gasteiger partial charge in [0, 0.05) is 18.5 Å². The lowest BCUT2D eigenvalue weighted by atomic mass is 9.89. The molecule has 0 saturated carbocycles. The van der Waals surface area contributed by atoms with Crippen molar-refractivity contribution >= 4 is 11.9 Å². The van der Waals surface area contributed by atoms with Crippen molar-refractivity contribution in [2.75, 3.05) is 7.11 Å². The van der Waals surface area contributed by atoms with Gasteiger partial charge in [0.1, 0.15) is 12.0 Å². The number of carbonyl (C=O) groups excluding carboxylic acids is 2. The molecular formula is C16H19NO4. The Kier molecular flexibility index (Phi) is 3.92. The van der Waals surface area contributed by atoms with E-state index in [4.69, 9.17) is 9.47 Å². The largest absolute Gasteiger partial charge is 0.469 e. The summed E-state index contributed by atoms with van der Waals surface area (Å²) in [5, 5.41) is 3.41. The van der Waals surface area contributed by atoms with Gasteiger partial charge in [0.05, 0.1) is 12.7 Å². The summed E-state index contributed by atoms with van der Waals surface area (Å²) in [6, 6.07) is 9.23. The molecule has 4 atom stereocenters. The van der Waals surface area contributed by atoms with Gasteiger partial charge in [-0.25, -0.2) is 4.79 Å². The predicted molar refractivity (Wildman–Crippen MR) is 75.7 cm³/mol. The average molecular weight is 289 g/mol. The van der Waals surface area contributed by atoms with Crippen LogP contribution >= 0.6 is 0 Å². The number of hydrogen-bond acceptors (Lipinski definition) is 5. The molecule has 3 rings (SSSR count). The van der Waals surface area contributed by atoms with E-state index in [1.165, 1.54) is 7.11 Å². The fourth-order valence-electron chi connectivity index (χ4n) is 3.36. The van der Waals surface area contributed by atoms with Gasteiger partial charge < -0.3 is 14.8 Å². The Morgan fingerprint density at radius 1 is 1.19 bits per heavy atom. The maximum atomic E-state index is 12.2. The SMILES string of the molecule is COC(=O)[C@H]1[C@@H]2CC[C@H](C[C@H]1OC(=O)c1ccccc1)N2. The summed E-state index contributed by atoms with van der Waals surface area (Å²) in [5.41, 5.74) is 0.506. The van der Waals surface area contributed by atoms with Gasteiger partial charge in [-0.1, -0.05) is 18.2 Å². The first-order valence-electron chi connectivity index (χ1n) is 7.29. The Hall–Kier alpha value is -1.88. The quantitative estimate of drug-likeness (QED) is 0.855. The van der Waals surface area contributed by atoms with Crippen LogP contribution in [0.4, 0.5) is 0 Å². The third-order valence-electron chi connectivity index (χ3n) is 4.37. The summed E-state index contributed by atoms with van der Waals surface area (Å²) in [6.45, 7) is 0. The van der Waals surface area contributed by atoms with Crippen LogP contribution in [0.5, 0.6) is 0 Å². The van der Waals surface area contributed by atoms with E-state index < -0.39 is 12.0 Å². The number of piperidine rings is 1. The van der Waals surface area contributed by atoms with Crippen LogP contribution in [0.1, 0.15) is 29.6 Å². The molecule has 2 bridgehead atoms. The van der Waals surface area contributed by atoms with Gasteiger partial charge in [-0.2, -0.15) is 0 Å². The monoisotopic (exact) mass is 289 g/mol. The molecule has 2 aliphatic rings. The third-order valence-corrected chi connectivity index (χ3v) is 4.37. The molecule has 1 N–H and O–H groups in total. The maximum absolute atomic E-state index is 12.2. The Bertz CT molecular complexity index is 530. The highest BCUT2D eigenvalue weighted by atomic mass is 16.6. The van der Waals surface area contributed by atoms with Gasteiger partial charge >= 0.3 is 11.9 Å². The van der Waals surface area contributed by atoms with Gasteiger partial charge in [0.15, 0.2) is 0 Å². The van der Waals surface area contributed by atoms with E-state index in [1.54, 1.807) is 24.3 Å². The van der Waals surface area contributed by atoms with Crippen LogP contribution in [0.25, 0.3) is 0 Å². The van der Waals surface area contributed by atoms with Crippen molar-refractivity contribution in [2.24, 2.45) is 5.92 Å². The summed E-state index contributed by atoms with van der Waals surface area (Å²) >= 11 is 0. The molecule has 0 amide bonds. The topological polar surface area (TPSA) is 64.6 Å². The Morgan fingerprint density at radius 3 is 2.67 bits per heavy atom. The molecule has 0 radical (unpaired) electrons. The van der Waals surface area contributed by atoms with Crippen LogP contribution in [-0.2, 0) is 14.3 Å². The minimum absolute atomic E-state index is 0.0461. The van der Waals surface area contributed by atoms with Crippen molar-refractivity contribution in [3.63, 3.8) is 0 Å². The highest BCUT2D eigenvalue weighted by Crippen LogP contribution is 2.34. The van der Waals surface area contributed by atoms with Crippen LogP contribution in [0.2, 0.25) is 0 Å². The lowest BCUT2D eigenvalue weighted by Crippen LogP contribution is -2.53. The number of nitrogens with one attached hydrogen (secondary N) is 1. The summed E-state index contributed by atoms with van der Waals surface area (Å²) in [6.07, 6.45) is 2.18. The van der Waals surface area contributed by atoms with Gasteiger partial charge in [-0.05, 0) is 25.0 Å². The van der Waals surface area contributed by atoms with Crippen molar-refractivity contribution in [1.29, 1.82) is 0 Å². The molecule has 0 unspecified atom stereocenters.